The Kier molecular flexibility index (Phi) is 6.51. The van der Waals surface area contributed by atoms with Crippen molar-refractivity contribution in [2.75, 3.05) is 25.5 Å². The molecule has 0 saturated heterocycles. The molecule has 0 fully saturated rings. The third-order valence-electron chi connectivity index (χ3n) is 5.11. The Labute approximate surface area is 190 Å². The minimum atomic E-state index is -0.252. The number of likely N-dealkylation sites (N-methyl/N-ethyl adjacent to an activating group) is 1. The second-order valence-corrected chi connectivity index (χ2v) is 8.07. The SMILES string of the molecule is CCN(CC(=O)Nc1cccc(OC)c1)C(=O)Cc1csc2nc(-c3ccccc3)cn12. The zero-order chi connectivity index (χ0) is 22.5. The monoisotopic (exact) mass is 448 g/mol. The second-order valence-electron chi connectivity index (χ2n) is 7.24. The Bertz CT molecular complexity index is 1230. The van der Waals surface area contributed by atoms with E-state index in [0.29, 0.717) is 18.0 Å². The van der Waals surface area contributed by atoms with E-state index in [1.165, 1.54) is 11.3 Å². The highest BCUT2D eigenvalue weighted by Crippen LogP contribution is 2.24. The van der Waals surface area contributed by atoms with Gasteiger partial charge in [0.05, 0.1) is 25.8 Å². The third kappa shape index (κ3) is 4.81. The first-order valence-electron chi connectivity index (χ1n) is 10.3. The molecule has 0 aliphatic heterocycles. The van der Waals surface area contributed by atoms with E-state index >= 15 is 0 Å². The van der Waals surface area contributed by atoms with Gasteiger partial charge >= 0.3 is 0 Å². The number of benzene rings is 2. The van der Waals surface area contributed by atoms with Crippen LogP contribution in [0.2, 0.25) is 0 Å². The minimum absolute atomic E-state index is 0.0149. The molecule has 0 aliphatic rings. The maximum Gasteiger partial charge on any atom is 0.243 e. The van der Waals surface area contributed by atoms with Crippen molar-refractivity contribution in [2.45, 2.75) is 13.3 Å². The number of amides is 2. The third-order valence-corrected chi connectivity index (χ3v) is 6.00. The fourth-order valence-electron chi connectivity index (χ4n) is 3.42. The lowest BCUT2D eigenvalue weighted by Crippen LogP contribution is -2.38. The molecule has 4 rings (SSSR count). The van der Waals surface area contributed by atoms with Crippen LogP contribution in [0.15, 0.2) is 66.2 Å². The molecule has 2 heterocycles. The van der Waals surface area contributed by atoms with Crippen molar-refractivity contribution < 1.29 is 14.3 Å². The van der Waals surface area contributed by atoms with Gasteiger partial charge < -0.3 is 15.0 Å². The number of rotatable bonds is 8. The first-order valence-corrected chi connectivity index (χ1v) is 11.2. The van der Waals surface area contributed by atoms with Crippen molar-refractivity contribution in [3.05, 3.63) is 71.9 Å². The van der Waals surface area contributed by atoms with Crippen molar-refractivity contribution >= 4 is 33.8 Å². The molecule has 0 spiro atoms. The molecule has 164 valence electrons. The number of carbonyl (C=O) groups is 2. The number of carbonyl (C=O) groups excluding carboxylic acids is 2. The molecule has 2 amide bonds. The van der Waals surface area contributed by atoms with Crippen molar-refractivity contribution in [2.24, 2.45) is 0 Å². The van der Waals surface area contributed by atoms with Crippen molar-refractivity contribution in [1.82, 2.24) is 14.3 Å². The van der Waals surface area contributed by atoms with Gasteiger partial charge in [-0.1, -0.05) is 36.4 Å². The number of methoxy groups -OCH3 is 1. The molecule has 2 aromatic heterocycles. The lowest BCUT2D eigenvalue weighted by atomic mass is 10.2. The molecule has 2 aromatic carbocycles. The van der Waals surface area contributed by atoms with Crippen molar-refractivity contribution in [3.8, 4) is 17.0 Å². The first kappa shape index (κ1) is 21.6. The number of hydrogen-bond acceptors (Lipinski definition) is 5. The largest absolute Gasteiger partial charge is 0.497 e. The van der Waals surface area contributed by atoms with Crippen LogP contribution >= 0.6 is 11.3 Å². The molecular weight excluding hydrogens is 424 g/mol. The number of imidazole rings is 1. The molecule has 0 saturated carbocycles. The lowest BCUT2D eigenvalue weighted by molar-refractivity contribution is -0.133. The van der Waals surface area contributed by atoms with Gasteiger partial charge in [-0.2, -0.15) is 0 Å². The smallest absolute Gasteiger partial charge is 0.243 e. The van der Waals surface area contributed by atoms with E-state index in [-0.39, 0.29) is 24.8 Å². The van der Waals surface area contributed by atoms with Gasteiger partial charge in [-0.05, 0) is 19.1 Å². The van der Waals surface area contributed by atoms with Gasteiger partial charge in [0.1, 0.15) is 5.75 Å². The van der Waals surface area contributed by atoms with Crippen LogP contribution in [0.1, 0.15) is 12.6 Å². The quantitative estimate of drug-likeness (QED) is 0.440. The number of nitrogens with one attached hydrogen (secondary N) is 1. The molecule has 0 atom stereocenters. The highest BCUT2D eigenvalue weighted by molar-refractivity contribution is 7.15. The summed E-state index contributed by atoms with van der Waals surface area (Å²) in [6.07, 6.45) is 2.15. The van der Waals surface area contributed by atoms with E-state index in [4.69, 9.17) is 4.74 Å². The molecule has 0 aliphatic carbocycles. The van der Waals surface area contributed by atoms with E-state index in [1.54, 1.807) is 36.3 Å². The molecule has 0 unspecified atom stereocenters. The summed E-state index contributed by atoms with van der Waals surface area (Å²) < 4.78 is 7.13. The number of hydrogen-bond donors (Lipinski definition) is 1. The number of aromatic nitrogens is 2. The van der Waals surface area contributed by atoms with E-state index in [9.17, 15) is 9.59 Å². The lowest BCUT2D eigenvalue weighted by Gasteiger charge is -2.20. The summed E-state index contributed by atoms with van der Waals surface area (Å²) in [6.45, 7) is 2.29. The Morgan fingerprint density at radius 3 is 2.72 bits per heavy atom. The van der Waals surface area contributed by atoms with E-state index in [2.05, 4.69) is 10.3 Å². The summed E-state index contributed by atoms with van der Waals surface area (Å²) in [5.41, 5.74) is 3.39. The second kappa shape index (κ2) is 9.65. The molecule has 4 aromatic rings. The average molecular weight is 449 g/mol. The van der Waals surface area contributed by atoms with Crippen LogP contribution in [0.5, 0.6) is 5.75 Å². The van der Waals surface area contributed by atoms with Gasteiger partial charge in [-0.3, -0.25) is 14.0 Å². The number of nitrogens with zero attached hydrogens (tertiary/aromatic N) is 3. The van der Waals surface area contributed by atoms with Gasteiger partial charge in [0.25, 0.3) is 0 Å². The summed E-state index contributed by atoms with van der Waals surface area (Å²) in [4.78, 5) is 32.5. The van der Waals surface area contributed by atoms with Crippen LogP contribution in [0.25, 0.3) is 16.2 Å². The number of anilines is 1. The number of fused-ring (bicyclic) bond motifs is 1. The summed E-state index contributed by atoms with van der Waals surface area (Å²) in [7, 11) is 1.57. The van der Waals surface area contributed by atoms with Crippen LogP contribution in [-0.2, 0) is 16.0 Å². The van der Waals surface area contributed by atoms with E-state index in [0.717, 1.165) is 21.9 Å². The molecule has 0 bridgehead atoms. The van der Waals surface area contributed by atoms with Crippen LogP contribution < -0.4 is 10.1 Å². The minimum Gasteiger partial charge on any atom is -0.497 e. The van der Waals surface area contributed by atoms with Gasteiger partial charge in [0.15, 0.2) is 4.96 Å². The first-order chi connectivity index (χ1) is 15.6. The maximum absolute atomic E-state index is 12.9. The summed E-state index contributed by atoms with van der Waals surface area (Å²) in [6, 6.07) is 17.1. The van der Waals surface area contributed by atoms with Gasteiger partial charge in [0.2, 0.25) is 11.8 Å². The Morgan fingerprint density at radius 1 is 1.16 bits per heavy atom. The summed E-state index contributed by atoms with van der Waals surface area (Å²) in [5.74, 6) is 0.295. The van der Waals surface area contributed by atoms with Gasteiger partial charge in [-0.25, -0.2) is 4.98 Å². The predicted octanol–water partition coefficient (Wildman–Crippen LogP) is 4.10. The fraction of sp³-hybridized carbons (Fsp3) is 0.208. The number of thiazole rings is 1. The summed E-state index contributed by atoms with van der Waals surface area (Å²) in [5, 5.41) is 4.76. The van der Waals surface area contributed by atoms with Crippen molar-refractivity contribution in [1.29, 1.82) is 0 Å². The zero-order valence-electron chi connectivity index (χ0n) is 17.9. The topological polar surface area (TPSA) is 75.9 Å². The normalized spacial score (nSPS) is 10.8. The molecule has 8 heteroatoms. The maximum atomic E-state index is 12.9. The Balaban J connectivity index is 1.43. The summed E-state index contributed by atoms with van der Waals surface area (Å²) >= 11 is 1.50. The highest BCUT2D eigenvalue weighted by Gasteiger charge is 2.19. The average Bonchev–Trinajstić information content (AvgIpc) is 3.40. The molecule has 1 N–H and O–H groups in total. The van der Waals surface area contributed by atoms with Gasteiger partial charge in [-0.15, -0.1) is 11.3 Å². The van der Waals surface area contributed by atoms with E-state index < -0.39 is 0 Å². The van der Waals surface area contributed by atoms with E-state index in [1.807, 2.05) is 53.2 Å². The molecular formula is C24H24N4O3S. The predicted molar refractivity (Wildman–Crippen MR) is 126 cm³/mol. The Morgan fingerprint density at radius 2 is 1.97 bits per heavy atom. The molecule has 32 heavy (non-hydrogen) atoms. The van der Waals surface area contributed by atoms with Crippen molar-refractivity contribution in [3.63, 3.8) is 0 Å². The molecule has 0 radical (unpaired) electrons. The fourth-order valence-corrected chi connectivity index (χ4v) is 4.30. The van der Waals surface area contributed by atoms with Crippen LogP contribution in [-0.4, -0.2) is 46.3 Å². The van der Waals surface area contributed by atoms with Gasteiger partial charge in [0, 0.05) is 41.1 Å². The number of ether oxygens (including phenoxy) is 1. The standard InChI is InChI=1S/C24H24N4O3S/c1-3-27(15-22(29)25-18-10-7-11-20(12-18)31-2)23(30)13-19-16-32-24-26-21(14-28(19)24)17-8-5-4-6-9-17/h4-12,14,16H,3,13,15H2,1-2H3,(H,25,29). The zero-order valence-corrected chi connectivity index (χ0v) is 18.8. The highest BCUT2D eigenvalue weighted by atomic mass is 32.1. The Hall–Kier alpha value is -3.65. The van der Waals surface area contributed by atoms with Crippen LogP contribution in [0, 0.1) is 0 Å². The van der Waals surface area contributed by atoms with Crippen LogP contribution in [0.3, 0.4) is 0 Å². The van der Waals surface area contributed by atoms with Crippen LogP contribution in [0.4, 0.5) is 5.69 Å². The molecule has 7 nitrogen and oxygen atoms in total.